The first-order valence-electron chi connectivity index (χ1n) is 7.61. The fourth-order valence-corrected chi connectivity index (χ4v) is 2.49. The van der Waals surface area contributed by atoms with Crippen LogP contribution in [0.3, 0.4) is 0 Å². The van der Waals surface area contributed by atoms with Crippen LogP contribution in [0.2, 0.25) is 0 Å². The van der Waals surface area contributed by atoms with E-state index in [1.165, 1.54) is 25.8 Å². The normalized spacial score (nSPS) is 15.3. The summed E-state index contributed by atoms with van der Waals surface area (Å²) in [6.07, 6.45) is 6.53. The topological polar surface area (TPSA) is 100 Å². The Balaban J connectivity index is 1.84. The summed E-state index contributed by atoms with van der Waals surface area (Å²) in [7, 11) is 1.44. The van der Waals surface area contributed by atoms with Crippen LogP contribution < -0.4 is 15.5 Å². The molecule has 0 heterocycles. The highest BCUT2D eigenvalue weighted by Crippen LogP contribution is 2.25. The number of amides is 2. The average Bonchev–Trinajstić information content (AvgIpc) is 2.57. The molecule has 1 saturated carbocycles. The number of nitrogens with one attached hydrogen (secondary N) is 2. The van der Waals surface area contributed by atoms with Gasteiger partial charge < -0.3 is 15.2 Å². The molecule has 23 heavy (non-hydrogen) atoms. The molecule has 1 aliphatic rings. The highest BCUT2D eigenvalue weighted by atomic mass is 16.5. The maximum atomic E-state index is 11.7. The van der Waals surface area contributed by atoms with Crippen LogP contribution in [-0.4, -0.2) is 36.3 Å². The number of aromatic hydroxyl groups is 1. The van der Waals surface area contributed by atoms with Gasteiger partial charge >= 0.3 is 11.8 Å². The Morgan fingerprint density at radius 1 is 1.26 bits per heavy atom. The van der Waals surface area contributed by atoms with Gasteiger partial charge in [0.25, 0.3) is 0 Å². The Labute approximate surface area is 134 Å². The van der Waals surface area contributed by atoms with Crippen LogP contribution in [0.4, 0.5) is 0 Å². The third kappa shape index (κ3) is 4.98. The molecule has 0 atom stereocenters. The van der Waals surface area contributed by atoms with Crippen LogP contribution in [0.25, 0.3) is 0 Å². The number of hydrogen-bond acceptors (Lipinski definition) is 5. The van der Waals surface area contributed by atoms with Crippen molar-refractivity contribution in [2.45, 2.75) is 38.1 Å². The summed E-state index contributed by atoms with van der Waals surface area (Å²) in [5.74, 6) is -1.15. The largest absolute Gasteiger partial charge is 0.504 e. The third-order valence-corrected chi connectivity index (χ3v) is 3.73. The van der Waals surface area contributed by atoms with Crippen molar-refractivity contribution in [1.82, 2.24) is 10.7 Å². The third-order valence-electron chi connectivity index (χ3n) is 3.73. The minimum absolute atomic E-state index is 0.0144. The zero-order chi connectivity index (χ0) is 16.7. The minimum Gasteiger partial charge on any atom is -0.504 e. The minimum atomic E-state index is -0.794. The number of methoxy groups -OCH3 is 1. The molecular weight excluding hydrogens is 298 g/mol. The molecule has 0 bridgehead atoms. The van der Waals surface area contributed by atoms with E-state index in [-0.39, 0.29) is 11.8 Å². The van der Waals surface area contributed by atoms with Gasteiger partial charge in [0.1, 0.15) is 0 Å². The van der Waals surface area contributed by atoms with E-state index in [0.29, 0.717) is 11.3 Å². The lowest BCUT2D eigenvalue weighted by atomic mass is 9.95. The fourth-order valence-electron chi connectivity index (χ4n) is 2.49. The second-order valence-corrected chi connectivity index (χ2v) is 5.44. The van der Waals surface area contributed by atoms with Crippen molar-refractivity contribution in [2.75, 3.05) is 7.11 Å². The molecular formula is C16H21N3O4. The molecule has 3 N–H and O–H groups in total. The van der Waals surface area contributed by atoms with Gasteiger partial charge in [-0.1, -0.05) is 19.3 Å². The van der Waals surface area contributed by atoms with Gasteiger partial charge in [-0.25, -0.2) is 5.43 Å². The lowest BCUT2D eigenvalue weighted by Gasteiger charge is -2.22. The molecule has 124 valence electrons. The van der Waals surface area contributed by atoms with E-state index in [4.69, 9.17) is 4.74 Å². The molecule has 7 nitrogen and oxygen atoms in total. The maximum absolute atomic E-state index is 11.7. The van der Waals surface area contributed by atoms with E-state index >= 15 is 0 Å². The Kier molecular flexibility index (Phi) is 5.96. The van der Waals surface area contributed by atoms with Crippen molar-refractivity contribution in [1.29, 1.82) is 0 Å². The lowest BCUT2D eigenvalue weighted by molar-refractivity contribution is -0.139. The Morgan fingerprint density at radius 3 is 2.70 bits per heavy atom. The lowest BCUT2D eigenvalue weighted by Crippen LogP contribution is -2.44. The zero-order valence-electron chi connectivity index (χ0n) is 13.0. The highest BCUT2D eigenvalue weighted by molar-refractivity contribution is 6.35. The van der Waals surface area contributed by atoms with Crippen molar-refractivity contribution >= 4 is 18.0 Å². The number of phenols is 1. The summed E-state index contributed by atoms with van der Waals surface area (Å²) in [4.78, 5) is 23.4. The standard InChI is InChI=1S/C16H21N3O4/c1-23-14-9-11(7-8-13(14)20)10-17-19-16(22)15(21)18-12-5-3-2-4-6-12/h7-10,12,20H,2-6H2,1H3,(H,18,21)(H,19,22). The van der Waals surface area contributed by atoms with Crippen molar-refractivity contribution in [3.63, 3.8) is 0 Å². The highest BCUT2D eigenvalue weighted by Gasteiger charge is 2.19. The SMILES string of the molecule is COc1cc(C=NNC(=O)C(=O)NC2CCCCC2)ccc1O. The molecule has 0 radical (unpaired) electrons. The first-order valence-corrected chi connectivity index (χ1v) is 7.61. The van der Waals surface area contributed by atoms with Crippen molar-refractivity contribution in [3.05, 3.63) is 23.8 Å². The quantitative estimate of drug-likeness (QED) is 0.442. The van der Waals surface area contributed by atoms with Gasteiger partial charge in [-0.15, -0.1) is 0 Å². The molecule has 0 aliphatic heterocycles. The van der Waals surface area contributed by atoms with Crippen LogP contribution in [0.5, 0.6) is 11.5 Å². The van der Waals surface area contributed by atoms with Gasteiger partial charge in [-0.2, -0.15) is 5.10 Å². The molecule has 1 aromatic carbocycles. The van der Waals surface area contributed by atoms with Crippen LogP contribution >= 0.6 is 0 Å². The van der Waals surface area contributed by atoms with E-state index < -0.39 is 11.8 Å². The molecule has 0 unspecified atom stereocenters. The van der Waals surface area contributed by atoms with E-state index in [9.17, 15) is 14.7 Å². The number of benzene rings is 1. The van der Waals surface area contributed by atoms with Crippen molar-refractivity contribution in [2.24, 2.45) is 5.10 Å². The predicted molar refractivity (Wildman–Crippen MR) is 85.4 cm³/mol. The molecule has 2 rings (SSSR count). The number of carbonyl (C=O) groups excluding carboxylic acids is 2. The number of carbonyl (C=O) groups is 2. The van der Waals surface area contributed by atoms with E-state index in [2.05, 4.69) is 15.8 Å². The second-order valence-electron chi connectivity index (χ2n) is 5.44. The summed E-state index contributed by atoms with van der Waals surface area (Å²) in [5.41, 5.74) is 2.81. The van der Waals surface area contributed by atoms with Crippen LogP contribution in [0, 0.1) is 0 Å². The van der Waals surface area contributed by atoms with E-state index in [1.54, 1.807) is 12.1 Å². The number of ether oxygens (including phenoxy) is 1. The van der Waals surface area contributed by atoms with Crippen LogP contribution in [0.1, 0.15) is 37.7 Å². The summed E-state index contributed by atoms with van der Waals surface area (Å²) >= 11 is 0. The summed E-state index contributed by atoms with van der Waals surface area (Å²) in [6, 6.07) is 4.70. The first-order chi connectivity index (χ1) is 11.1. The predicted octanol–water partition coefficient (Wildman–Crippen LogP) is 1.30. The maximum Gasteiger partial charge on any atom is 0.329 e. The summed E-state index contributed by atoms with van der Waals surface area (Å²) < 4.78 is 4.97. The van der Waals surface area contributed by atoms with Crippen molar-refractivity contribution < 1.29 is 19.4 Å². The Hall–Kier alpha value is -2.57. The summed E-state index contributed by atoms with van der Waals surface area (Å²) in [5, 5.41) is 15.9. The number of rotatable bonds is 4. The Bertz CT molecular complexity index is 595. The van der Waals surface area contributed by atoms with E-state index in [1.807, 2.05) is 0 Å². The average molecular weight is 319 g/mol. The first kappa shape index (κ1) is 16.8. The molecule has 0 aromatic heterocycles. The number of hydrazone groups is 1. The van der Waals surface area contributed by atoms with Gasteiger partial charge in [0.05, 0.1) is 13.3 Å². The van der Waals surface area contributed by atoms with Gasteiger partial charge in [0.2, 0.25) is 0 Å². The van der Waals surface area contributed by atoms with Gasteiger partial charge in [-0.3, -0.25) is 9.59 Å². The Morgan fingerprint density at radius 2 is 2.00 bits per heavy atom. The molecule has 0 spiro atoms. The number of hydrogen-bond donors (Lipinski definition) is 3. The molecule has 1 aliphatic carbocycles. The monoisotopic (exact) mass is 319 g/mol. The van der Waals surface area contributed by atoms with Gasteiger partial charge in [0, 0.05) is 6.04 Å². The van der Waals surface area contributed by atoms with Gasteiger partial charge in [-0.05, 0) is 36.6 Å². The second kappa shape index (κ2) is 8.17. The van der Waals surface area contributed by atoms with Crippen molar-refractivity contribution in [3.8, 4) is 11.5 Å². The van der Waals surface area contributed by atoms with E-state index in [0.717, 1.165) is 25.7 Å². The molecule has 7 heteroatoms. The zero-order valence-corrected chi connectivity index (χ0v) is 13.0. The summed E-state index contributed by atoms with van der Waals surface area (Å²) in [6.45, 7) is 0. The van der Waals surface area contributed by atoms with Crippen LogP contribution in [0.15, 0.2) is 23.3 Å². The number of phenolic OH excluding ortho intramolecular Hbond substituents is 1. The molecule has 2 amide bonds. The van der Waals surface area contributed by atoms with Crippen LogP contribution in [-0.2, 0) is 9.59 Å². The smallest absolute Gasteiger partial charge is 0.329 e. The fraction of sp³-hybridized carbons (Fsp3) is 0.438. The molecule has 0 saturated heterocycles. The molecule has 1 aromatic rings. The molecule has 1 fully saturated rings. The number of nitrogens with zero attached hydrogens (tertiary/aromatic N) is 1. The van der Waals surface area contributed by atoms with Gasteiger partial charge in [0.15, 0.2) is 11.5 Å².